The lowest BCUT2D eigenvalue weighted by Crippen LogP contribution is -2.37. The van der Waals surface area contributed by atoms with Gasteiger partial charge in [-0.25, -0.2) is 9.13 Å². The number of rotatable bonds is 35. The highest BCUT2D eigenvalue weighted by atomic mass is 15.1. The first-order valence-corrected chi connectivity index (χ1v) is 20.4. The van der Waals surface area contributed by atoms with Crippen molar-refractivity contribution in [3.05, 3.63) is 18.2 Å². The van der Waals surface area contributed by atoms with Gasteiger partial charge in [0.1, 0.15) is 12.4 Å². The van der Waals surface area contributed by atoms with Crippen LogP contribution in [0.3, 0.4) is 0 Å². The maximum absolute atomic E-state index is 2.60. The van der Waals surface area contributed by atoms with Crippen molar-refractivity contribution in [2.45, 2.75) is 246 Å². The summed E-state index contributed by atoms with van der Waals surface area (Å²) in [6.45, 7) is 9.34. The van der Waals surface area contributed by atoms with Gasteiger partial charge in [-0.1, -0.05) is 201 Å². The van der Waals surface area contributed by atoms with E-state index in [1.165, 1.54) is 225 Å². The van der Waals surface area contributed by atoms with E-state index in [1.807, 2.05) is 0 Å². The minimum absolute atomic E-state index is 1.18. The maximum atomic E-state index is 2.60. The van der Waals surface area contributed by atoms with Crippen LogP contribution in [0.25, 0.3) is 0 Å². The molecule has 0 fully saturated rings. The highest BCUT2D eigenvalue weighted by Crippen LogP contribution is 2.16. The molecule has 43 heavy (non-hydrogen) atoms. The van der Waals surface area contributed by atoms with Gasteiger partial charge in [0.05, 0.1) is 13.1 Å². The van der Waals surface area contributed by atoms with Crippen molar-refractivity contribution in [1.82, 2.24) is 4.57 Å². The van der Waals surface area contributed by atoms with Crippen LogP contribution in [0.15, 0.2) is 12.4 Å². The largest absolute Gasteiger partial charge is 0.256 e. The van der Waals surface area contributed by atoms with E-state index in [2.05, 4.69) is 42.3 Å². The van der Waals surface area contributed by atoms with Gasteiger partial charge in [-0.3, -0.25) is 0 Å². The molecule has 1 aromatic heterocycles. The van der Waals surface area contributed by atoms with E-state index in [-0.39, 0.29) is 0 Å². The fraction of sp³-hybridized carbons (Fsp3) is 0.927. The topological polar surface area (TPSA) is 8.81 Å². The Morgan fingerprint density at radius 2 is 0.721 bits per heavy atom. The third-order valence-corrected chi connectivity index (χ3v) is 9.81. The average Bonchev–Trinajstić information content (AvgIpc) is 3.39. The van der Waals surface area contributed by atoms with Crippen LogP contribution in [-0.2, 0) is 19.5 Å². The van der Waals surface area contributed by atoms with Gasteiger partial charge >= 0.3 is 0 Å². The molecule has 0 aliphatic rings. The molecular weight excluding hydrogens is 520 g/mol. The van der Waals surface area contributed by atoms with Crippen molar-refractivity contribution in [1.29, 1.82) is 0 Å². The Hall–Kier alpha value is -0.790. The SMILES string of the molecule is CCCCCCCCCCCCCCCCCCc1n(CCC)cc[n+]1CCCCCCCCCCCCCCCCC. The fourth-order valence-corrected chi connectivity index (χ4v) is 6.92. The number of imidazole rings is 1. The zero-order valence-corrected chi connectivity index (χ0v) is 30.3. The number of unbranched alkanes of at least 4 members (excludes halogenated alkanes) is 29. The first kappa shape index (κ1) is 40.2. The highest BCUT2D eigenvalue weighted by molar-refractivity contribution is 4.84. The van der Waals surface area contributed by atoms with Crippen molar-refractivity contribution in [3.8, 4) is 0 Å². The summed E-state index contributed by atoms with van der Waals surface area (Å²) in [6, 6.07) is 0. The van der Waals surface area contributed by atoms with Gasteiger partial charge in [0.2, 0.25) is 0 Å². The summed E-state index contributed by atoms with van der Waals surface area (Å²) in [5.74, 6) is 1.59. The molecule has 1 rings (SSSR count). The third kappa shape index (κ3) is 25.1. The van der Waals surface area contributed by atoms with Crippen LogP contribution in [0.5, 0.6) is 0 Å². The first-order valence-electron chi connectivity index (χ1n) is 20.4. The molecule has 0 unspecified atom stereocenters. The molecule has 1 aromatic rings. The van der Waals surface area contributed by atoms with Gasteiger partial charge in [0.15, 0.2) is 0 Å². The average molecular weight is 602 g/mol. The molecule has 0 amide bonds. The molecule has 0 aliphatic carbocycles. The molecule has 1 heterocycles. The maximum Gasteiger partial charge on any atom is 0.256 e. The van der Waals surface area contributed by atoms with Crippen molar-refractivity contribution < 1.29 is 4.57 Å². The summed E-state index contributed by atoms with van der Waals surface area (Å²) in [5, 5.41) is 0. The Bertz CT molecular complexity index is 663. The van der Waals surface area contributed by atoms with E-state index in [9.17, 15) is 0 Å². The Morgan fingerprint density at radius 3 is 1.07 bits per heavy atom. The summed E-state index contributed by atoms with van der Waals surface area (Å²) < 4.78 is 5.15. The van der Waals surface area contributed by atoms with E-state index >= 15 is 0 Å². The zero-order valence-electron chi connectivity index (χ0n) is 30.3. The number of nitrogens with zero attached hydrogens (tertiary/aromatic N) is 2. The lowest BCUT2D eigenvalue weighted by molar-refractivity contribution is -0.704. The van der Waals surface area contributed by atoms with Gasteiger partial charge in [0.25, 0.3) is 5.82 Å². The fourth-order valence-electron chi connectivity index (χ4n) is 6.92. The van der Waals surface area contributed by atoms with Gasteiger partial charge < -0.3 is 0 Å². The van der Waals surface area contributed by atoms with Crippen molar-refractivity contribution >= 4 is 0 Å². The summed E-state index contributed by atoms with van der Waals surface area (Å²) >= 11 is 0. The van der Waals surface area contributed by atoms with Crippen molar-refractivity contribution in [3.63, 3.8) is 0 Å². The molecule has 2 nitrogen and oxygen atoms in total. The third-order valence-electron chi connectivity index (χ3n) is 9.81. The van der Waals surface area contributed by atoms with Crippen LogP contribution < -0.4 is 4.57 Å². The quantitative estimate of drug-likeness (QED) is 0.0540. The second-order valence-corrected chi connectivity index (χ2v) is 14.1. The first-order chi connectivity index (χ1) is 21.3. The number of aromatic nitrogens is 2. The van der Waals surface area contributed by atoms with E-state index in [1.54, 1.807) is 5.82 Å². The van der Waals surface area contributed by atoms with Gasteiger partial charge in [-0.2, -0.15) is 0 Å². The number of hydrogen-bond donors (Lipinski definition) is 0. The van der Waals surface area contributed by atoms with Crippen molar-refractivity contribution in [2.24, 2.45) is 0 Å². The summed E-state index contributed by atoms with van der Waals surface area (Å²) in [7, 11) is 0. The van der Waals surface area contributed by atoms with Gasteiger partial charge in [-0.05, 0) is 25.7 Å². The Morgan fingerprint density at radius 1 is 0.395 bits per heavy atom. The van der Waals surface area contributed by atoms with Gasteiger partial charge in [0, 0.05) is 6.42 Å². The van der Waals surface area contributed by atoms with Crippen LogP contribution in [-0.4, -0.2) is 4.57 Å². The van der Waals surface area contributed by atoms with Crippen LogP contribution in [0.4, 0.5) is 0 Å². The molecule has 0 radical (unpaired) electrons. The second kappa shape index (κ2) is 32.6. The minimum atomic E-state index is 1.18. The van der Waals surface area contributed by atoms with E-state index in [0.29, 0.717) is 0 Å². The molecule has 0 N–H and O–H groups in total. The Balaban J connectivity index is 2.01. The molecule has 0 atom stereocenters. The standard InChI is InChI=1S/C41H81N2/c1-4-7-9-11-13-15-17-19-21-22-24-26-28-30-32-34-36-41-42(37-6-3)39-40-43(41)38-35-33-31-29-27-25-23-20-18-16-14-12-10-8-5-2/h39-40H,4-38H2,1-3H3/q+1. The monoisotopic (exact) mass is 602 g/mol. The summed E-state index contributed by atoms with van der Waals surface area (Å²) in [5.41, 5.74) is 0. The van der Waals surface area contributed by atoms with Gasteiger partial charge in [-0.15, -0.1) is 0 Å². The van der Waals surface area contributed by atoms with E-state index in [0.717, 1.165) is 0 Å². The molecule has 0 bridgehead atoms. The predicted molar refractivity (Wildman–Crippen MR) is 193 cm³/mol. The summed E-state index contributed by atoms with van der Waals surface area (Å²) in [4.78, 5) is 0. The smallest absolute Gasteiger partial charge is 0.234 e. The van der Waals surface area contributed by atoms with Crippen LogP contribution >= 0.6 is 0 Å². The normalized spacial score (nSPS) is 11.6. The predicted octanol–water partition coefficient (Wildman–Crippen LogP) is 13.9. The van der Waals surface area contributed by atoms with Crippen molar-refractivity contribution in [2.75, 3.05) is 0 Å². The molecule has 0 spiro atoms. The lowest BCUT2D eigenvalue weighted by Gasteiger charge is -2.06. The second-order valence-electron chi connectivity index (χ2n) is 14.1. The molecule has 2 heteroatoms. The van der Waals surface area contributed by atoms with Crippen LogP contribution in [0, 0.1) is 0 Å². The molecule has 254 valence electrons. The zero-order chi connectivity index (χ0) is 30.9. The highest BCUT2D eigenvalue weighted by Gasteiger charge is 2.15. The Kier molecular flexibility index (Phi) is 30.5. The van der Waals surface area contributed by atoms with E-state index < -0.39 is 0 Å². The Labute approximate surface area is 272 Å². The molecule has 0 saturated heterocycles. The number of aryl methyl sites for hydroxylation is 2. The van der Waals surface area contributed by atoms with Crippen LogP contribution in [0.1, 0.15) is 232 Å². The van der Waals surface area contributed by atoms with E-state index in [4.69, 9.17) is 0 Å². The molecule has 0 saturated carbocycles. The number of hydrogen-bond acceptors (Lipinski definition) is 0. The minimum Gasteiger partial charge on any atom is -0.234 e. The molecule has 0 aromatic carbocycles. The molecule has 0 aliphatic heterocycles. The van der Waals surface area contributed by atoms with Crippen LogP contribution in [0.2, 0.25) is 0 Å². The lowest BCUT2D eigenvalue weighted by atomic mass is 10.0. The summed E-state index contributed by atoms with van der Waals surface area (Å²) in [6.07, 6.45) is 52.1. The molecular formula is C41H81N2+.